The van der Waals surface area contributed by atoms with Gasteiger partial charge in [-0.2, -0.15) is 0 Å². The van der Waals surface area contributed by atoms with Gasteiger partial charge in [-0.15, -0.1) is 12.4 Å². The van der Waals surface area contributed by atoms with Gasteiger partial charge in [0.1, 0.15) is 5.75 Å². The van der Waals surface area contributed by atoms with Gasteiger partial charge in [0, 0.05) is 14.1 Å². The highest BCUT2D eigenvalue weighted by Crippen LogP contribution is 2.60. The van der Waals surface area contributed by atoms with Gasteiger partial charge in [0.05, 0.1) is 17.2 Å². The maximum atomic E-state index is 12.0. The van der Waals surface area contributed by atoms with Crippen molar-refractivity contribution in [3.8, 4) is 5.75 Å². The Balaban J connectivity index is 0.00000225. The van der Waals surface area contributed by atoms with Gasteiger partial charge < -0.3 is 15.0 Å². The van der Waals surface area contributed by atoms with Gasteiger partial charge in [-0.05, 0) is 74.7 Å². The molecule has 1 atom stereocenters. The Morgan fingerprint density at radius 2 is 2.08 bits per heavy atom. The molecule has 1 N–H and O–H groups in total. The molecule has 0 radical (unpaired) electrons. The summed E-state index contributed by atoms with van der Waals surface area (Å²) in [5, 5.41) is 3.90. The van der Waals surface area contributed by atoms with Crippen LogP contribution in [-0.4, -0.2) is 44.6 Å². The number of ether oxygens (including phenoxy) is 1. The van der Waals surface area contributed by atoms with E-state index in [1.165, 1.54) is 43.7 Å². The van der Waals surface area contributed by atoms with Gasteiger partial charge in [-0.3, -0.25) is 4.79 Å². The van der Waals surface area contributed by atoms with Gasteiger partial charge in [0.15, 0.2) is 0 Å². The highest BCUT2D eigenvalue weighted by molar-refractivity contribution is 6.34. The summed E-state index contributed by atoms with van der Waals surface area (Å²) in [6, 6.07) is 5.31. The molecule has 1 saturated carbocycles. The standard InChI is InChI=1S/C19H27ClN2O2.ClH/c1-22(2)18(23)16-6-5-15(12-17(16)20)24-11-3-4-14-13-19(14)7-9-21-10-8-19;/h5-6,12,14,21H,3-4,7-11,13H2,1-2H3;1H/t14-;/m1./s1. The molecule has 1 amide bonds. The number of hydrogen-bond acceptors (Lipinski definition) is 3. The van der Waals surface area contributed by atoms with Crippen LogP contribution < -0.4 is 10.1 Å². The maximum absolute atomic E-state index is 12.0. The van der Waals surface area contributed by atoms with Crippen LogP contribution in [0.1, 0.15) is 42.5 Å². The minimum atomic E-state index is -0.0902. The monoisotopic (exact) mass is 386 g/mol. The van der Waals surface area contributed by atoms with E-state index in [1.807, 2.05) is 6.07 Å². The third-order valence-electron chi connectivity index (χ3n) is 5.50. The minimum Gasteiger partial charge on any atom is -0.494 e. The van der Waals surface area contributed by atoms with Gasteiger partial charge >= 0.3 is 0 Å². The molecule has 1 aliphatic carbocycles. The zero-order valence-electron chi connectivity index (χ0n) is 15.0. The largest absolute Gasteiger partial charge is 0.494 e. The molecule has 0 unspecified atom stereocenters. The Bertz CT molecular complexity index is 601. The van der Waals surface area contributed by atoms with E-state index in [-0.39, 0.29) is 18.3 Å². The molecule has 3 rings (SSSR count). The fraction of sp³-hybridized carbons (Fsp3) is 0.632. The van der Waals surface area contributed by atoms with Crippen LogP contribution in [0.2, 0.25) is 5.02 Å². The third kappa shape index (κ3) is 4.81. The number of nitrogens with zero attached hydrogens (tertiary/aromatic N) is 1. The van der Waals surface area contributed by atoms with E-state index in [1.54, 1.807) is 26.2 Å². The maximum Gasteiger partial charge on any atom is 0.254 e. The van der Waals surface area contributed by atoms with Crippen molar-refractivity contribution >= 4 is 29.9 Å². The number of rotatable bonds is 6. The van der Waals surface area contributed by atoms with Crippen LogP contribution >= 0.6 is 24.0 Å². The Morgan fingerprint density at radius 1 is 1.36 bits per heavy atom. The predicted octanol–water partition coefficient (Wildman–Crippen LogP) is 4.01. The Kier molecular flexibility index (Phi) is 7.01. The molecule has 1 heterocycles. The average Bonchev–Trinajstić information content (AvgIpc) is 3.23. The highest BCUT2D eigenvalue weighted by Gasteiger charge is 2.52. The number of carbonyl (C=O) groups is 1. The van der Waals surface area contributed by atoms with Gasteiger partial charge in [-0.25, -0.2) is 0 Å². The van der Waals surface area contributed by atoms with Crippen LogP contribution in [0.5, 0.6) is 5.75 Å². The van der Waals surface area contributed by atoms with Crippen LogP contribution in [0, 0.1) is 11.3 Å². The zero-order chi connectivity index (χ0) is 17.2. The van der Waals surface area contributed by atoms with Crippen molar-refractivity contribution in [3.63, 3.8) is 0 Å². The Hall–Kier alpha value is -0.970. The lowest BCUT2D eigenvalue weighted by Crippen LogP contribution is -2.29. The molecule has 1 aromatic rings. The SMILES string of the molecule is CN(C)C(=O)c1ccc(OCCC[C@@H]2CC23CCNCC3)cc1Cl.Cl. The van der Waals surface area contributed by atoms with Crippen molar-refractivity contribution in [2.75, 3.05) is 33.8 Å². The molecule has 0 bridgehead atoms. The van der Waals surface area contributed by atoms with Crippen molar-refractivity contribution in [1.29, 1.82) is 0 Å². The van der Waals surface area contributed by atoms with Crippen LogP contribution in [0.4, 0.5) is 0 Å². The van der Waals surface area contributed by atoms with Gasteiger partial charge in [0.2, 0.25) is 0 Å². The molecule has 140 valence electrons. The Morgan fingerprint density at radius 3 is 2.72 bits per heavy atom. The van der Waals surface area contributed by atoms with Gasteiger partial charge in [0.25, 0.3) is 5.91 Å². The lowest BCUT2D eigenvalue weighted by molar-refractivity contribution is 0.0827. The van der Waals surface area contributed by atoms with Crippen molar-refractivity contribution < 1.29 is 9.53 Å². The average molecular weight is 387 g/mol. The molecular formula is C19H28Cl2N2O2. The first-order valence-electron chi connectivity index (χ1n) is 8.86. The van der Waals surface area contributed by atoms with Crippen molar-refractivity contribution in [3.05, 3.63) is 28.8 Å². The van der Waals surface area contributed by atoms with Crippen LogP contribution in [0.25, 0.3) is 0 Å². The van der Waals surface area contributed by atoms with E-state index in [9.17, 15) is 4.79 Å². The van der Waals surface area contributed by atoms with E-state index in [0.717, 1.165) is 18.1 Å². The molecule has 4 nitrogen and oxygen atoms in total. The van der Waals surface area contributed by atoms with Crippen LogP contribution in [0.15, 0.2) is 18.2 Å². The summed E-state index contributed by atoms with van der Waals surface area (Å²) in [5.41, 5.74) is 1.17. The lowest BCUT2D eigenvalue weighted by atomic mass is 9.91. The normalized spacial score (nSPS) is 20.7. The predicted molar refractivity (Wildman–Crippen MR) is 104 cm³/mol. The lowest BCUT2D eigenvalue weighted by Gasteiger charge is -2.23. The number of carbonyl (C=O) groups excluding carboxylic acids is 1. The van der Waals surface area contributed by atoms with E-state index in [4.69, 9.17) is 16.3 Å². The molecule has 25 heavy (non-hydrogen) atoms. The number of halogens is 2. The summed E-state index contributed by atoms with van der Waals surface area (Å²) in [4.78, 5) is 13.5. The summed E-state index contributed by atoms with van der Waals surface area (Å²) >= 11 is 6.21. The molecule has 1 aliphatic heterocycles. The zero-order valence-corrected chi connectivity index (χ0v) is 16.6. The molecule has 2 aliphatic rings. The van der Waals surface area contributed by atoms with Gasteiger partial charge in [-0.1, -0.05) is 11.6 Å². The highest BCUT2D eigenvalue weighted by atomic mass is 35.5. The summed E-state index contributed by atoms with van der Waals surface area (Å²) in [6.45, 7) is 3.08. The summed E-state index contributed by atoms with van der Waals surface area (Å²) in [5.74, 6) is 1.54. The summed E-state index contributed by atoms with van der Waals surface area (Å²) < 4.78 is 5.81. The second-order valence-corrected chi connectivity index (χ2v) is 7.75. The fourth-order valence-electron chi connectivity index (χ4n) is 3.90. The van der Waals surface area contributed by atoms with Crippen molar-refractivity contribution in [2.45, 2.75) is 32.1 Å². The van der Waals surface area contributed by atoms with Crippen molar-refractivity contribution in [2.24, 2.45) is 11.3 Å². The number of nitrogens with one attached hydrogen (secondary N) is 1. The summed E-state index contributed by atoms with van der Waals surface area (Å²) in [6.07, 6.45) is 6.42. The number of hydrogen-bond donors (Lipinski definition) is 1. The topological polar surface area (TPSA) is 41.6 Å². The molecule has 6 heteroatoms. The molecule has 1 aromatic carbocycles. The Labute approximate surface area is 161 Å². The molecule has 2 fully saturated rings. The first-order chi connectivity index (χ1) is 11.5. The van der Waals surface area contributed by atoms with Crippen LogP contribution in [-0.2, 0) is 0 Å². The number of amides is 1. The smallest absolute Gasteiger partial charge is 0.254 e. The minimum absolute atomic E-state index is 0. The molecule has 1 saturated heterocycles. The first kappa shape index (κ1) is 20.3. The molecule has 0 aromatic heterocycles. The number of piperidine rings is 1. The number of benzene rings is 1. The molecule has 1 spiro atoms. The van der Waals surface area contributed by atoms with Crippen LogP contribution in [0.3, 0.4) is 0 Å². The third-order valence-corrected chi connectivity index (χ3v) is 5.81. The summed E-state index contributed by atoms with van der Waals surface area (Å²) in [7, 11) is 3.44. The second kappa shape index (κ2) is 8.61. The van der Waals surface area contributed by atoms with Crippen molar-refractivity contribution in [1.82, 2.24) is 10.2 Å². The first-order valence-corrected chi connectivity index (χ1v) is 9.24. The quantitative estimate of drug-likeness (QED) is 0.750. The van der Waals surface area contributed by atoms with E-state index in [0.29, 0.717) is 22.6 Å². The van der Waals surface area contributed by atoms with E-state index < -0.39 is 0 Å². The fourth-order valence-corrected chi connectivity index (χ4v) is 4.15. The van der Waals surface area contributed by atoms with E-state index in [2.05, 4.69) is 5.32 Å². The second-order valence-electron chi connectivity index (χ2n) is 7.35. The molecular weight excluding hydrogens is 359 g/mol. The van der Waals surface area contributed by atoms with E-state index >= 15 is 0 Å².